The van der Waals surface area contributed by atoms with Crippen LogP contribution in [0.4, 0.5) is 0 Å². The summed E-state index contributed by atoms with van der Waals surface area (Å²) in [6.07, 6.45) is 5.03. The Kier molecular flexibility index (Phi) is 7.19. The maximum absolute atomic E-state index is 11.7. The molecule has 0 aliphatic carbocycles. The fourth-order valence-corrected chi connectivity index (χ4v) is 1.85. The summed E-state index contributed by atoms with van der Waals surface area (Å²) >= 11 is 2.17. The summed E-state index contributed by atoms with van der Waals surface area (Å²) < 4.78 is 1.04. The fourth-order valence-electron chi connectivity index (χ4n) is 1.53. The Morgan fingerprint density at radius 3 is 2.72 bits per heavy atom. The number of nitrogens with one attached hydrogen (secondary N) is 1. The SMILES string of the molecule is CN(C)CCCCCNC(=O)c1ccc([123I])cn1. The Labute approximate surface area is 122 Å². The first-order valence-corrected chi connectivity index (χ1v) is 7.22. The van der Waals surface area contributed by atoms with Crippen LogP contribution in [0.25, 0.3) is 0 Å². The molecule has 5 heteroatoms. The number of hydrogen-bond donors (Lipinski definition) is 1. The molecular formula is C13H20IN3O. The van der Waals surface area contributed by atoms with Crippen molar-refractivity contribution in [2.24, 2.45) is 0 Å². The quantitative estimate of drug-likeness (QED) is 0.601. The standard InChI is InChI=1S/C13H20IN3O/c1-17(2)9-5-3-4-8-15-13(18)12-7-6-11(14)10-16-12/h6-7,10H,3-5,8-9H2,1-2H3,(H,15,18)/i14-4. The summed E-state index contributed by atoms with van der Waals surface area (Å²) in [5.74, 6) is -0.0843. The van der Waals surface area contributed by atoms with Crippen molar-refractivity contribution < 1.29 is 4.79 Å². The minimum atomic E-state index is -0.0843. The zero-order valence-corrected chi connectivity index (χ0v) is 13.1. The molecule has 0 aliphatic heterocycles. The van der Waals surface area contributed by atoms with E-state index in [1.165, 1.54) is 6.42 Å². The van der Waals surface area contributed by atoms with E-state index in [0.717, 1.165) is 29.5 Å². The predicted octanol–water partition coefficient (Wildman–Crippen LogP) is 2.15. The molecule has 18 heavy (non-hydrogen) atoms. The van der Waals surface area contributed by atoms with Crippen LogP contribution in [0.2, 0.25) is 0 Å². The Morgan fingerprint density at radius 1 is 1.33 bits per heavy atom. The van der Waals surface area contributed by atoms with Crippen molar-refractivity contribution in [3.63, 3.8) is 0 Å². The van der Waals surface area contributed by atoms with Gasteiger partial charge in [-0.05, 0) is 68.2 Å². The fraction of sp³-hybridized carbons (Fsp3) is 0.538. The van der Waals surface area contributed by atoms with Crippen molar-refractivity contribution in [3.8, 4) is 0 Å². The van der Waals surface area contributed by atoms with Crippen LogP contribution in [0.15, 0.2) is 18.3 Å². The molecule has 0 unspecified atom stereocenters. The molecular weight excluding hydrogens is 337 g/mol. The lowest BCUT2D eigenvalue weighted by Crippen LogP contribution is -2.25. The lowest BCUT2D eigenvalue weighted by atomic mass is 10.2. The number of carbonyl (C=O) groups excluding carboxylic acids is 1. The summed E-state index contributed by atoms with van der Waals surface area (Å²) in [4.78, 5) is 18.0. The molecule has 1 heterocycles. The van der Waals surface area contributed by atoms with E-state index < -0.39 is 0 Å². The van der Waals surface area contributed by atoms with E-state index in [0.29, 0.717) is 5.69 Å². The van der Waals surface area contributed by atoms with E-state index >= 15 is 0 Å². The topological polar surface area (TPSA) is 45.2 Å². The maximum atomic E-state index is 11.7. The second-order valence-corrected chi connectivity index (χ2v) is 5.73. The van der Waals surface area contributed by atoms with Crippen LogP contribution >= 0.6 is 22.6 Å². The van der Waals surface area contributed by atoms with Gasteiger partial charge >= 0.3 is 0 Å². The van der Waals surface area contributed by atoms with Crippen molar-refractivity contribution in [2.45, 2.75) is 19.3 Å². The first kappa shape index (κ1) is 15.4. The average Bonchev–Trinajstić information content (AvgIpc) is 2.34. The van der Waals surface area contributed by atoms with E-state index in [2.05, 4.69) is 51.9 Å². The van der Waals surface area contributed by atoms with Gasteiger partial charge in [-0.15, -0.1) is 0 Å². The molecule has 0 saturated heterocycles. The number of carbonyl (C=O) groups is 1. The molecule has 1 rings (SSSR count). The van der Waals surface area contributed by atoms with Crippen LogP contribution in [0.3, 0.4) is 0 Å². The second kappa shape index (κ2) is 8.42. The molecule has 0 fully saturated rings. The van der Waals surface area contributed by atoms with Gasteiger partial charge in [-0.25, -0.2) is 4.98 Å². The summed E-state index contributed by atoms with van der Waals surface area (Å²) in [5, 5.41) is 2.89. The number of rotatable bonds is 7. The number of amides is 1. The number of halogens is 1. The van der Waals surface area contributed by atoms with Crippen LogP contribution in [0.1, 0.15) is 29.8 Å². The van der Waals surface area contributed by atoms with Crippen LogP contribution < -0.4 is 5.32 Å². The molecule has 0 saturated carbocycles. The minimum absolute atomic E-state index is 0.0843. The van der Waals surface area contributed by atoms with Crippen molar-refractivity contribution in [2.75, 3.05) is 27.2 Å². The van der Waals surface area contributed by atoms with Crippen LogP contribution in [0.5, 0.6) is 0 Å². The van der Waals surface area contributed by atoms with Crippen molar-refractivity contribution in [3.05, 3.63) is 27.6 Å². The predicted molar refractivity (Wildman–Crippen MR) is 81.7 cm³/mol. The zero-order chi connectivity index (χ0) is 13.4. The molecule has 1 aromatic rings. The Morgan fingerprint density at radius 2 is 2.11 bits per heavy atom. The van der Waals surface area contributed by atoms with Gasteiger partial charge in [-0.3, -0.25) is 4.79 Å². The van der Waals surface area contributed by atoms with Gasteiger partial charge in [0.25, 0.3) is 5.91 Å². The lowest BCUT2D eigenvalue weighted by molar-refractivity contribution is 0.0948. The van der Waals surface area contributed by atoms with Crippen LogP contribution in [-0.2, 0) is 0 Å². The number of hydrogen-bond acceptors (Lipinski definition) is 3. The summed E-state index contributed by atoms with van der Waals surface area (Å²) in [6.45, 7) is 1.83. The lowest BCUT2D eigenvalue weighted by Gasteiger charge is -2.09. The molecule has 0 aliphatic rings. The first-order chi connectivity index (χ1) is 8.59. The summed E-state index contributed by atoms with van der Waals surface area (Å²) in [5.41, 5.74) is 0.490. The van der Waals surface area contributed by atoms with Crippen molar-refractivity contribution >= 4 is 28.5 Å². The third-order valence-corrected chi connectivity index (χ3v) is 3.17. The third-order valence-electron chi connectivity index (χ3n) is 2.53. The Balaban J connectivity index is 2.16. The molecule has 1 N–H and O–H groups in total. The molecule has 0 atom stereocenters. The van der Waals surface area contributed by atoms with Gasteiger partial charge in [-0.2, -0.15) is 0 Å². The first-order valence-electron chi connectivity index (χ1n) is 6.14. The smallest absolute Gasteiger partial charge is 0.269 e. The van der Waals surface area contributed by atoms with E-state index in [1.54, 1.807) is 12.3 Å². The van der Waals surface area contributed by atoms with Gasteiger partial charge in [0.15, 0.2) is 0 Å². The zero-order valence-electron chi connectivity index (χ0n) is 10.9. The Bertz CT molecular complexity index is 365. The van der Waals surface area contributed by atoms with Gasteiger partial charge in [0.05, 0.1) is 0 Å². The Hall–Kier alpha value is -0.690. The van der Waals surface area contributed by atoms with Crippen LogP contribution in [0, 0.1) is 3.57 Å². The van der Waals surface area contributed by atoms with E-state index in [9.17, 15) is 4.79 Å². The largest absolute Gasteiger partial charge is 0.351 e. The van der Waals surface area contributed by atoms with Gasteiger partial charge in [0.1, 0.15) is 5.69 Å². The molecule has 100 valence electrons. The van der Waals surface area contributed by atoms with Gasteiger partial charge in [0.2, 0.25) is 0 Å². The summed E-state index contributed by atoms with van der Waals surface area (Å²) in [7, 11) is 4.15. The summed E-state index contributed by atoms with van der Waals surface area (Å²) in [6, 6.07) is 3.64. The molecule has 1 aromatic heterocycles. The van der Waals surface area contributed by atoms with Crippen molar-refractivity contribution in [1.29, 1.82) is 0 Å². The minimum Gasteiger partial charge on any atom is -0.351 e. The number of nitrogens with zero attached hydrogens (tertiary/aromatic N) is 2. The van der Waals surface area contributed by atoms with E-state index in [1.807, 2.05) is 6.07 Å². The normalized spacial score (nSPS) is 10.7. The van der Waals surface area contributed by atoms with Gasteiger partial charge in [-0.1, -0.05) is 6.42 Å². The highest BCUT2D eigenvalue weighted by Crippen LogP contribution is 2.03. The van der Waals surface area contributed by atoms with Crippen LogP contribution in [-0.4, -0.2) is 43.0 Å². The number of pyridine rings is 1. The van der Waals surface area contributed by atoms with E-state index in [4.69, 9.17) is 0 Å². The number of aromatic nitrogens is 1. The molecule has 0 aromatic carbocycles. The molecule has 0 bridgehead atoms. The molecule has 4 nitrogen and oxygen atoms in total. The molecule has 0 spiro atoms. The molecule has 0 radical (unpaired) electrons. The highest BCUT2D eigenvalue weighted by Gasteiger charge is 2.05. The van der Waals surface area contributed by atoms with Crippen molar-refractivity contribution in [1.82, 2.24) is 15.2 Å². The molecule has 1 amide bonds. The number of unbranched alkanes of at least 4 members (excludes halogenated alkanes) is 2. The highest BCUT2D eigenvalue weighted by molar-refractivity contribution is 14.1. The van der Waals surface area contributed by atoms with Gasteiger partial charge < -0.3 is 10.2 Å². The third kappa shape index (κ3) is 6.30. The second-order valence-electron chi connectivity index (χ2n) is 4.48. The monoisotopic (exact) mass is 357 g/mol. The maximum Gasteiger partial charge on any atom is 0.269 e. The highest BCUT2D eigenvalue weighted by atomic mass is 123. The van der Waals surface area contributed by atoms with Gasteiger partial charge in [0, 0.05) is 16.3 Å². The van der Waals surface area contributed by atoms with E-state index in [-0.39, 0.29) is 5.91 Å². The average molecular weight is 357 g/mol.